The fourth-order valence-corrected chi connectivity index (χ4v) is 4.88. The van der Waals surface area contributed by atoms with Crippen molar-refractivity contribution < 1.29 is 23.5 Å². The third-order valence-corrected chi connectivity index (χ3v) is 6.87. The minimum absolute atomic E-state index is 0.0143. The first-order valence-electron chi connectivity index (χ1n) is 11.7. The highest BCUT2D eigenvalue weighted by atomic mass is 35.5. The Hall–Kier alpha value is -4.84. The molecule has 1 aliphatic heterocycles. The summed E-state index contributed by atoms with van der Waals surface area (Å²) in [6, 6.07) is 11.5. The van der Waals surface area contributed by atoms with E-state index in [0.717, 1.165) is 0 Å². The number of carboxylic acid groups (broad SMARTS) is 1. The maximum Gasteiger partial charge on any atom is 0.309 e. The standard InChI is InChI=1S/C26H19ClFN7O4/c1-26(25-30-14(11-39-25)9-18(36)37)19-21(29)31-23(32-22(19)33-24(26)38)20-15-7-6-13(27)8-17(15)35(34-20)10-12-4-2-3-5-16(12)28/h2-8,11H,9-10H2,1H3,(H,36,37)(H3,29,31,32,33,38)/t26-/m1/s1. The van der Waals surface area contributed by atoms with Gasteiger partial charge in [0.2, 0.25) is 11.8 Å². The van der Waals surface area contributed by atoms with Gasteiger partial charge in [0.1, 0.15) is 29.4 Å². The normalized spacial score (nSPS) is 16.4. The van der Waals surface area contributed by atoms with Gasteiger partial charge in [-0.1, -0.05) is 29.8 Å². The number of aliphatic carboxylic acids is 1. The van der Waals surface area contributed by atoms with E-state index in [1.165, 1.54) is 12.3 Å². The number of carbonyl (C=O) groups is 2. The molecule has 1 amide bonds. The van der Waals surface area contributed by atoms with Crippen LogP contribution in [0.2, 0.25) is 5.02 Å². The number of carboxylic acids is 1. The number of halogens is 2. The van der Waals surface area contributed by atoms with Crippen LogP contribution in [0.25, 0.3) is 22.4 Å². The number of carbonyl (C=O) groups excluding carboxylic acids is 1. The third-order valence-electron chi connectivity index (χ3n) is 6.64. The number of hydrogen-bond donors (Lipinski definition) is 3. The summed E-state index contributed by atoms with van der Waals surface area (Å²) in [4.78, 5) is 37.4. The Morgan fingerprint density at radius 2 is 2.03 bits per heavy atom. The van der Waals surface area contributed by atoms with Crippen molar-refractivity contribution in [3.8, 4) is 11.5 Å². The first-order valence-corrected chi connectivity index (χ1v) is 12.1. The van der Waals surface area contributed by atoms with E-state index in [0.29, 0.717) is 27.2 Å². The third kappa shape index (κ3) is 3.96. The van der Waals surface area contributed by atoms with Crippen molar-refractivity contribution in [2.45, 2.75) is 25.3 Å². The van der Waals surface area contributed by atoms with E-state index in [2.05, 4.69) is 25.4 Å². The molecular formula is C26H19ClFN7O4. The van der Waals surface area contributed by atoms with Crippen molar-refractivity contribution in [2.24, 2.45) is 0 Å². The molecule has 39 heavy (non-hydrogen) atoms. The lowest BCUT2D eigenvalue weighted by molar-refractivity contribution is -0.136. The molecule has 11 nitrogen and oxygen atoms in total. The van der Waals surface area contributed by atoms with Crippen molar-refractivity contribution >= 4 is 46.0 Å². The van der Waals surface area contributed by atoms with Crippen molar-refractivity contribution in [3.05, 3.63) is 82.3 Å². The molecule has 0 radical (unpaired) electrons. The molecule has 5 aromatic rings. The number of anilines is 2. The lowest BCUT2D eigenvalue weighted by atomic mass is 9.84. The monoisotopic (exact) mass is 547 g/mol. The maximum absolute atomic E-state index is 14.4. The molecule has 4 N–H and O–H groups in total. The van der Waals surface area contributed by atoms with Gasteiger partial charge in [-0.3, -0.25) is 14.3 Å². The van der Waals surface area contributed by atoms with Crippen molar-refractivity contribution in [1.29, 1.82) is 0 Å². The van der Waals surface area contributed by atoms with Gasteiger partial charge in [-0.2, -0.15) is 5.10 Å². The summed E-state index contributed by atoms with van der Waals surface area (Å²) in [6.07, 6.45) is 0.816. The van der Waals surface area contributed by atoms with Crippen LogP contribution in [0.15, 0.2) is 53.1 Å². The Bertz CT molecular complexity index is 1820. The topological polar surface area (TPSA) is 162 Å². The number of oxazole rings is 1. The van der Waals surface area contributed by atoms with E-state index >= 15 is 0 Å². The zero-order chi connectivity index (χ0) is 27.5. The minimum Gasteiger partial charge on any atom is -0.481 e. The maximum atomic E-state index is 14.4. The molecule has 4 heterocycles. The molecule has 1 atom stereocenters. The van der Waals surface area contributed by atoms with Gasteiger partial charge in [0.25, 0.3) is 0 Å². The lowest BCUT2D eigenvalue weighted by Gasteiger charge is -2.18. The number of benzene rings is 2. The number of nitrogens with two attached hydrogens (primary N) is 1. The summed E-state index contributed by atoms with van der Waals surface area (Å²) in [6.45, 7) is 1.67. The molecular weight excluding hydrogens is 529 g/mol. The number of aromatic nitrogens is 5. The molecule has 3 aromatic heterocycles. The number of fused-ring (bicyclic) bond motifs is 2. The Balaban J connectivity index is 1.46. The van der Waals surface area contributed by atoms with E-state index in [1.54, 1.807) is 48.0 Å². The number of amides is 1. The van der Waals surface area contributed by atoms with Crippen LogP contribution in [0.4, 0.5) is 16.0 Å². The SMILES string of the molecule is C[C@]1(c2nc(CC(=O)O)co2)C(=O)Nc2nc(-c3nn(Cc4ccccc4F)c4cc(Cl)ccc34)nc(N)c21. The zero-order valence-corrected chi connectivity index (χ0v) is 21.0. The van der Waals surface area contributed by atoms with Crippen LogP contribution in [0.5, 0.6) is 0 Å². The van der Waals surface area contributed by atoms with Crippen LogP contribution in [0, 0.1) is 5.82 Å². The Kier molecular flexibility index (Phi) is 5.57. The number of rotatable bonds is 6. The van der Waals surface area contributed by atoms with Gasteiger partial charge in [-0.05, 0) is 31.2 Å². The van der Waals surface area contributed by atoms with Crippen molar-refractivity contribution in [3.63, 3.8) is 0 Å². The Morgan fingerprint density at radius 3 is 2.79 bits per heavy atom. The quantitative estimate of drug-likeness (QED) is 0.287. The number of hydrogen-bond acceptors (Lipinski definition) is 8. The summed E-state index contributed by atoms with van der Waals surface area (Å²) < 4.78 is 21.5. The fourth-order valence-electron chi connectivity index (χ4n) is 4.71. The fraction of sp³-hybridized carbons (Fsp3) is 0.154. The second-order valence-electron chi connectivity index (χ2n) is 9.21. The highest BCUT2D eigenvalue weighted by Gasteiger charge is 2.51. The molecule has 1 aliphatic rings. The first-order chi connectivity index (χ1) is 18.6. The number of nitrogen functional groups attached to an aromatic ring is 1. The summed E-state index contributed by atoms with van der Waals surface area (Å²) in [7, 11) is 0. The van der Waals surface area contributed by atoms with Crippen LogP contribution < -0.4 is 11.1 Å². The predicted molar refractivity (Wildman–Crippen MR) is 139 cm³/mol. The summed E-state index contributed by atoms with van der Waals surface area (Å²) in [5.74, 6) is -1.74. The largest absolute Gasteiger partial charge is 0.481 e. The number of nitrogens with one attached hydrogen (secondary N) is 1. The number of nitrogens with zero attached hydrogens (tertiary/aromatic N) is 5. The highest BCUT2D eigenvalue weighted by molar-refractivity contribution is 6.31. The molecule has 0 saturated heterocycles. The highest BCUT2D eigenvalue weighted by Crippen LogP contribution is 2.45. The average Bonchev–Trinajstić information content (AvgIpc) is 3.56. The van der Waals surface area contributed by atoms with Crippen LogP contribution in [0.3, 0.4) is 0 Å². The Labute approximate surface area is 224 Å². The van der Waals surface area contributed by atoms with E-state index in [9.17, 15) is 14.0 Å². The van der Waals surface area contributed by atoms with Gasteiger partial charge >= 0.3 is 5.97 Å². The van der Waals surface area contributed by atoms with E-state index in [4.69, 9.17) is 26.9 Å². The van der Waals surface area contributed by atoms with E-state index in [-0.39, 0.29) is 53.4 Å². The van der Waals surface area contributed by atoms with Crippen molar-refractivity contribution in [1.82, 2.24) is 24.7 Å². The molecule has 196 valence electrons. The van der Waals surface area contributed by atoms with Gasteiger partial charge in [-0.25, -0.2) is 19.3 Å². The average molecular weight is 548 g/mol. The molecule has 13 heteroatoms. The summed E-state index contributed by atoms with van der Waals surface area (Å²) in [5.41, 5.74) is 6.70. The molecule has 0 saturated carbocycles. The smallest absolute Gasteiger partial charge is 0.309 e. The first kappa shape index (κ1) is 24.5. The Morgan fingerprint density at radius 1 is 1.23 bits per heavy atom. The van der Waals surface area contributed by atoms with Gasteiger partial charge < -0.3 is 20.6 Å². The lowest BCUT2D eigenvalue weighted by Crippen LogP contribution is -2.33. The van der Waals surface area contributed by atoms with Crippen LogP contribution >= 0.6 is 11.6 Å². The van der Waals surface area contributed by atoms with Crippen LogP contribution in [-0.4, -0.2) is 41.7 Å². The van der Waals surface area contributed by atoms with E-state index < -0.39 is 17.3 Å². The molecule has 2 aromatic carbocycles. The van der Waals surface area contributed by atoms with Gasteiger partial charge in [0.05, 0.1) is 29.7 Å². The predicted octanol–water partition coefficient (Wildman–Crippen LogP) is 3.79. The zero-order valence-electron chi connectivity index (χ0n) is 20.3. The molecule has 0 spiro atoms. The second-order valence-corrected chi connectivity index (χ2v) is 9.65. The molecule has 0 fully saturated rings. The summed E-state index contributed by atoms with van der Waals surface area (Å²) >= 11 is 6.26. The molecule has 6 rings (SSSR count). The van der Waals surface area contributed by atoms with Gasteiger partial charge in [0, 0.05) is 16.0 Å². The molecule has 0 unspecified atom stereocenters. The van der Waals surface area contributed by atoms with E-state index in [1.807, 2.05) is 0 Å². The van der Waals surface area contributed by atoms with Crippen LogP contribution in [0.1, 0.15) is 29.6 Å². The molecule has 0 aliphatic carbocycles. The molecule has 0 bridgehead atoms. The van der Waals surface area contributed by atoms with Crippen LogP contribution in [-0.2, 0) is 28.0 Å². The second kappa shape index (κ2) is 8.88. The summed E-state index contributed by atoms with van der Waals surface area (Å²) in [5, 5.41) is 17.5. The minimum atomic E-state index is -1.49. The van der Waals surface area contributed by atoms with Gasteiger partial charge in [0.15, 0.2) is 11.2 Å². The van der Waals surface area contributed by atoms with Crippen molar-refractivity contribution in [2.75, 3.05) is 11.1 Å². The van der Waals surface area contributed by atoms with Gasteiger partial charge in [-0.15, -0.1) is 0 Å².